The van der Waals surface area contributed by atoms with Crippen LogP contribution in [0, 0.1) is 0 Å². The quantitative estimate of drug-likeness (QED) is 0.771. The first-order chi connectivity index (χ1) is 10.1. The molecule has 106 valence electrons. The fourth-order valence-electron chi connectivity index (χ4n) is 2.88. The Bertz CT molecular complexity index is 733. The van der Waals surface area contributed by atoms with E-state index < -0.39 is 24.3 Å². The minimum Gasteiger partial charge on any atom is -0.481 e. The second-order valence-electron chi connectivity index (χ2n) is 5.24. The highest BCUT2D eigenvalue weighted by atomic mass is 16.4. The van der Waals surface area contributed by atoms with Gasteiger partial charge in [-0.2, -0.15) is 0 Å². The van der Waals surface area contributed by atoms with Crippen molar-refractivity contribution in [3.63, 3.8) is 0 Å². The van der Waals surface area contributed by atoms with Crippen LogP contribution in [-0.4, -0.2) is 22.2 Å². The maximum atomic E-state index is 11.3. The molecule has 4 heteroatoms. The molecule has 1 unspecified atom stereocenters. The molecular weight excluding hydrogens is 268 g/mol. The maximum Gasteiger partial charge on any atom is 0.311 e. The lowest BCUT2D eigenvalue weighted by molar-refractivity contribution is -0.145. The zero-order valence-corrected chi connectivity index (χ0v) is 11.2. The third kappa shape index (κ3) is 2.40. The van der Waals surface area contributed by atoms with Gasteiger partial charge in [0, 0.05) is 0 Å². The Balaban J connectivity index is 2.04. The van der Waals surface area contributed by atoms with Crippen molar-refractivity contribution in [2.75, 3.05) is 0 Å². The lowest BCUT2D eigenvalue weighted by atomic mass is 9.92. The number of carboxylic acids is 2. The third-order valence-corrected chi connectivity index (χ3v) is 3.90. The highest BCUT2D eigenvalue weighted by molar-refractivity contribution is 5.84. The molecule has 0 aliphatic heterocycles. The highest BCUT2D eigenvalue weighted by Gasteiger charge is 2.25. The van der Waals surface area contributed by atoms with Crippen LogP contribution in [0.2, 0.25) is 0 Å². The highest BCUT2D eigenvalue weighted by Crippen LogP contribution is 2.38. The van der Waals surface area contributed by atoms with E-state index in [0.717, 1.165) is 23.1 Å². The van der Waals surface area contributed by atoms with Crippen molar-refractivity contribution < 1.29 is 19.8 Å². The van der Waals surface area contributed by atoms with Crippen molar-refractivity contribution in [3.8, 4) is 11.1 Å². The van der Waals surface area contributed by atoms with Gasteiger partial charge in [0.25, 0.3) is 0 Å². The maximum absolute atomic E-state index is 11.3. The van der Waals surface area contributed by atoms with E-state index in [1.54, 1.807) is 6.07 Å². The predicted molar refractivity (Wildman–Crippen MR) is 77.3 cm³/mol. The molecule has 1 aliphatic rings. The number of carboxylic acid groups (broad SMARTS) is 2. The van der Waals surface area contributed by atoms with Gasteiger partial charge in [-0.3, -0.25) is 9.59 Å². The summed E-state index contributed by atoms with van der Waals surface area (Å²) in [6, 6.07) is 13.5. The molecule has 4 nitrogen and oxygen atoms in total. The minimum atomic E-state index is -1.11. The van der Waals surface area contributed by atoms with E-state index >= 15 is 0 Å². The summed E-state index contributed by atoms with van der Waals surface area (Å²) in [6.07, 6.45) is 0.429. The van der Waals surface area contributed by atoms with E-state index in [4.69, 9.17) is 5.11 Å². The average Bonchev–Trinajstić information content (AvgIpc) is 2.82. The van der Waals surface area contributed by atoms with Gasteiger partial charge < -0.3 is 10.2 Å². The number of fused-ring (bicyclic) bond motifs is 3. The van der Waals surface area contributed by atoms with Crippen LogP contribution in [-0.2, 0) is 16.0 Å². The Kier molecular flexibility index (Phi) is 3.22. The average molecular weight is 282 g/mol. The molecule has 3 rings (SSSR count). The Morgan fingerprint density at radius 2 is 1.71 bits per heavy atom. The van der Waals surface area contributed by atoms with Gasteiger partial charge in [-0.1, -0.05) is 36.4 Å². The summed E-state index contributed by atoms with van der Waals surface area (Å²) < 4.78 is 0. The van der Waals surface area contributed by atoms with Crippen molar-refractivity contribution in [2.45, 2.75) is 18.8 Å². The summed E-state index contributed by atoms with van der Waals surface area (Å²) in [5, 5.41) is 18.1. The summed E-state index contributed by atoms with van der Waals surface area (Å²) in [5.41, 5.74) is 5.03. The SMILES string of the molecule is O=C(O)CC(C(=O)O)c1ccc2c(c1)-c1ccccc1C2. The molecule has 0 bridgehead atoms. The van der Waals surface area contributed by atoms with Crippen molar-refractivity contribution in [2.24, 2.45) is 0 Å². The van der Waals surface area contributed by atoms with E-state index in [-0.39, 0.29) is 0 Å². The van der Waals surface area contributed by atoms with Crippen LogP contribution in [0.15, 0.2) is 42.5 Å². The topological polar surface area (TPSA) is 74.6 Å². The van der Waals surface area contributed by atoms with Crippen LogP contribution < -0.4 is 0 Å². The molecule has 0 aromatic heterocycles. The summed E-state index contributed by atoms with van der Waals surface area (Å²) in [5.74, 6) is -3.23. The molecule has 2 aromatic carbocycles. The van der Waals surface area contributed by atoms with Gasteiger partial charge in [-0.25, -0.2) is 0 Å². The van der Waals surface area contributed by atoms with Crippen molar-refractivity contribution in [1.29, 1.82) is 0 Å². The Hall–Kier alpha value is -2.62. The van der Waals surface area contributed by atoms with Crippen LogP contribution >= 0.6 is 0 Å². The zero-order chi connectivity index (χ0) is 15.0. The number of carbonyl (C=O) groups is 2. The molecule has 2 N–H and O–H groups in total. The summed E-state index contributed by atoms with van der Waals surface area (Å²) in [4.78, 5) is 22.2. The lowest BCUT2D eigenvalue weighted by Gasteiger charge is -2.12. The number of hydrogen-bond acceptors (Lipinski definition) is 2. The molecule has 21 heavy (non-hydrogen) atoms. The first kappa shape index (κ1) is 13.4. The van der Waals surface area contributed by atoms with Gasteiger partial charge in [-0.15, -0.1) is 0 Å². The first-order valence-corrected chi connectivity index (χ1v) is 6.72. The van der Waals surface area contributed by atoms with Crippen LogP contribution in [0.4, 0.5) is 0 Å². The Labute approximate surface area is 121 Å². The number of benzene rings is 2. The largest absolute Gasteiger partial charge is 0.481 e. The van der Waals surface area contributed by atoms with E-state index in [0.29, 0.717) is 5.56 Å². The van der Waals surface area contributed by atoms with Crippen LogP contribution in [0.25, 0.3) is 11.1 Å². The fourth-order valence-corrected chi connectivity index (χ4v) is 2.88. The van der Waals surface area contributed by atoms with Crippen molar-refractivity contribution >= 4 is 11.9 Å². The Morgan fingerprint density at radius 1 is 1.00 bits per heavy atom. The molecule has 0 amide bonds. The van der Waals surface area contributed by atoms with Crippen LogP contribution in [0.1, 0.15) is 29.0 Å². The van der Waals surface area contributed by atoms with Crippen LogP contribution in [0.5, 0.6) is 0 Å². The Morgan fingerprint density at radius 3 is 2.43 bits per heavy atom. The molecule has 0 fully saturated rings. The third-order valence-electron chi connectivity index (χ3n) is 3.90. The van der Waals surface area contributed by atoms with Gasteiger partial charge in [-0.05, 0) is 40.3 Å². The van der Waals surface area contributed by atoms with Gasteiger partial charge in [0.05, 0.1) is 12.3 Å². The van der Waals surface area contributed by atoms with Crippen LogP contribution in [0.3, 0.4) is 0 Å². The lowest BCUT2D eigenvalue weighted by Crippen LogP contribution is -2.16. The zero-order valence-electron chi connectivity index (χ0n) is 11.2. The predicted octanol–water partition coefficient (Wildman–Crippen LogP) is 2.90. The summed E-state index contributed by atoms with van der Waals surface area (Å²) in [6.45, 7) is 0. The first-order valence-electron chi connectivity index (χ1n) is 6.72. The monoisotopic (exact) mass is 282 g/mol. The smallest absolute Gasteiger partial charge is 0.311 e. The molecule has 0 saturated carbocycles. The van der Waals surface area contributed by atoms with Gasteiger partial charge >= 0.3 is 11.9 Å². The van der Waals surface area contributed by atoms with Crippen molar-refractivity contribution in [3.05, 3.63) is 59.2 Å². The molecule has 1 atom stereocenters. The molecule has 0 saturated heterocycles. The summed E-state index contributed by atoms with van der Waals surface area (Å²) in [7, 11) is 0. The number of aliphatic carboxylic acids is 2. The molecule has 0 spiro atoms. The van der Waals surface area contributed by atoms with E-state index in [1.807, 2.05) is 30.3 Å². The number of hydrogen-bond donors (Lipinski definition) is 2. The fraction of sp³-hybridized carbons (Fsp3) is 0.176. The molecular formula is C17H14O4. The van der Waals surface area contributed by atoms with E-state index in [9.17, 15) is 14.7 Å². The van der Waals surface area contributed by atoms with Gasteiger partial charge in [0.2, 0.25) is 0 Å². The second kappa shape index (κ2) is 5.05. The van der Waals surface area contributed by atoms with Gasteiger partial charge in [0.15, 0.2) is 0 Å². The normalized spacial score (nSPS) is 13.3. The van der Waals surface area contributed by atoms with Gasteiger partial charge in [0.1, 0.15) is 0 Å². The minimum absolute atomic E-state index is 0.407. The standard InChI is InChI=1S/C17H14O4/c18-16(19)9-15(17(20)21)12-6-5-11-7-10-3-1-2-4-13(10)14(11)8-12/h1-6,8,15H,7,9H2,(H,18,19)(H,20,21). The van der Waals surface area contributed by atoms with E-state index in [2.05, 4.69) is 6.07 Å². The molecule has 1 aliphatic carbocycles. The number of rotatable bonds is 4. The van der Waals surface area contributed by atoms with Crippen molar-refractivity contribution in [1.82, 2.24) is 0 Å². The molecule has 2 aromatic rings. The summed E-state index contributed by atoms with van der Waals surface area (Å²) >= 11 is 0. The van der Waals surface area contributed by atoms with E-state index in [1.165, 1.54) is 5.56 Å². The molecule has 0 radical (unpaired) electrons. The molecule has 0 heterocycles. The second-order valence-corrected chi connectivity index (χ2v) is 5.24.